The molecule has 5 nitrogen and oxygen atoms in total. The summed E-state index contributed by atoms with van der Waals surface area (Å²) in [4.78, 5) is 23.7. The molecule has 7 atom stereocenters. The van der Waals surface area contributed by atoms with E-state index >= 15 is 0 Å². The van der Waals surface area contributed by atoms with Crippen LogP contribution in [0.25, 0.3) is 0 Å². The molecule has 138 valence electrons. The summed E-state index contributed by atoms with van der Waals surface area (Å²) in [6.07, 6.45) is 5.43. The van der Waals surface area contributed by atoms with Crippen LogP contribution in [-0.4, -0.2) is 38.8 Å². The van der Waals surface area contributed by atoms with Gasteiger partial charge in [-0.15, -0.1) is 0 Å². The largest absolute Gasteiger partial charge is 0.479 e. The first-order valence-corrected chi connectivity index (χ1v) is 9.51. The molecule has 2 unspecified atom stereocenters. The van der Waals surface area contributed by atoms with Crippen molar-refractivity contribution in [2.24, 2.45) is 28.6 Å². The first kappa shape index (κ1) is 17.2. The molecule has 4 aliphatic carbocycles. The quantitative estimate of drug-likeness (QED) is 0.676. The zero-order valence-corrected chi connectivity index (χ0v) is 15.0. The summed E-state index contributed by atoms with van der Waals surface area (Å²) < 4.78 is 0. The number of carboxylic acid groups (broad SMARTS) is 1. The minimum absolute atomic E-state index is 0.0508. The molecule has 25 heavy (non-hydrogen) atoms. The van der Waals surface area contributed by atoms with Crippen LogP contribution in [0.2, 0.25) is 0 Å². The average molecular weight is 348 g/mol. The van der Waals surface area contributed by atoms with E-state index in [2.05, 4.69) is 6.92 Å². The topological polar surface area (TPSA) is 94.8 Å². The molecule has 0 aromatic heterocycles. The molecule has 0 radical (unpaired) electrons. The van der Waals surface area contributed by atoms with Crippen molar-refractivity contribution >= 4 is 11.8 Å². The fourth-order valence-electron chi connectivity index (χ4n) is 7.04. The zero-order valence-electron chi connectivity index (χ0n) is 15.0. The predicted molar refractivity (Wildman–Crippen MR) is 90.7 cm³/mol. The number of rotatable bonds is 1. The molecule has 0 saturated heterocycles. The van der Waals surface area contributed by atoms with Crippen LogP contribution in [0.3, 0.4) is 0 Å². The van der Waals surface area contributed by atoms with Crippen molar-refractivity contribution < 1.29 is 24.9 Å². The van der Waals surface area contributed by atoms with Crippen LogP contribution < -0.4 is 0 Å². The lowest BCUT2D eigenvalue weighted by Gasteiger charge is -2.60. The number of aliphatic hydroxyl groups excluding tert-OH is 1. The Balaban J connectivity index is 1.75. The second kappa shape index (κ2) is 5.17. The number of ketones is 1. The molecule has 0 bridgehead atoms. The summed E-state index contributed by atoms with van der Waals surface area (Å²) in [7, 11) is 0. The van der Waals surface area contributed by atoms with Crippen molar-refractivity contribution in [1.82, 2.24) is 0 Å². The molecule has 0 aromatic rings. The van der Waals surface area contributed by atoms with E-state index in [4.69, 9.17) is 0 Å². The van der Waals surface area contributed by atoms with E-state index in [1.165, 1.54) is 5.57 Å². The Morgan fingerprint density at radius 3 is 2.60 bits per heavy atom. The molecule has 0 aliphatic heterocycles. The molecule has 4 rings (SSSR count). The summed E-state index contributed by atoms with van der Waals surface area (Å²) in [6, 6.07) is 0. The van der Waals surface area contributed by atoms with Crippen LogP contribution >= 0.6 is 0 Å². The van der Waals surface area contributed by atoms with Crippen LogP contribution in [0.5, 0.6) is 0 Å². The molecule has 5 heteroatoms. The molecule has 3 N–H and O–H groups in total. The number of aliphatic carboxylic acids is 1. The third kappa shape index (κ3) is 2.02. The maximum Gasteiger partial charge on any atom is 0.336 e. The second-order valence-corrected chi connectivity index (χ2v) is 9.28. The van der Waals surface area contributed by atoms with Gasteiger partial charge in [0.1, 0.15) is 0 Å². The highest BCUT2D eigenvalue weighted by Crippen LogP contribution is 2.67. The van der Waals surface area contributed by atoms with Crippen LogP contribution in [0.1, 0.15) is 58.8 Å². The van der Waals surface area contributed by atoms with Gasteiger partial charge < -0.3 is 15.3 Å². The lowest BCUT2D eigenvalue weighted by molar-refractivity contribution is -0.194. The summed E-state index contributed by atoms with van der Waals surface area (Å²) in [5.41, 5.74) is -1.55. The molecule has 0 spiro atoms. The average Bonchev–Trinajstić information content (AvgIpc) is 2.80. The van der Waals surface area contributed by atoms with Crippen LogP contribution in [0, 0.1) is 28.6 Å². The van der Waals surface area contributed by atoms with Crippen LogP contribution in [0.4, 0.5) is 0 Å². The van der Waals surface area contributed by atoms with Gasteiger partial charge in [0.25, 0.3) is 0 Å². The van der Waals surface area contributed by atoms with E-state index in [1.807, 2.05) is 6.92 Å². The Bertz CT molecular complexity index is 669. The van der Waals surface area contributed by atoms with Gasteiger partial charge in [-0.3, -0.25) is 4.79 Å². The Morgan fingerprint density at radius 1 is 1.20 bits per heavy atom. The highest BCUT2D eigenvalue weighted by molar-refractivity contribution is 5.91. The molecule has 0 amide bonds. The van der Waals surface area contributed by atoms with Crippen LogP contribution in [-0.2, 0) is 9.59 Å². The van der Waals surface area contributed by atoms with Gasteiger partial charge in [-0.25, -0.2) is 4.79 Å². The Hall–Kier alpha value is -1.20. The highest BCUT2D eigenvalue weighted by Gasteiger charge is 2.68. The normalized spacial score (nSPS) is 52.0. The minimum atomic E-state index is -1.75. The molecule has 3 saturated carbocycles. The lowest BCUT2D eigenvalue weighted by atomic mass is 9.45. The number of carbonyl (C=O) groups excluding carboxylic acids is 1. The van der Waals surface area contributed by atoms with Crippen molar-refractivity contribution in [3.8, 4) is 0 Å². The fraction of sp³-hybridized carbons (Fsp3) is 0.800. The van der Waals surface area contributed by atoms with Crippen molar-refractivity contribution in [2.45, 2.75) is 70.5 Å². The Labute approximate surface area is 148 Å². The summed E-state index contributed by atoms with van der Waals surface area (Å²) >= 11 is 0. The van der Waals surface area contributed by atoms with E-state index in [0.29, 0.717) is 19.3 Å². The number of carboxylic acids is 1. The van der Waals surface area contributed by atoms with Crippen molar-refractivity contribution in [2.75, 3.05) is 0 Å². The number of fused-ring (bicyclic) bond motifs is 5. The SMILES string of the molecule is C[C@]12CCC(=O)C=C1CC[C@@H]1[C@@H]2C(O)C[C@@]2(C)[C@H]1CCC2(O)C(=O)O. The Kier molecular flexibility index (Phi) is 3.56. The van der Waals surface area contributed by atoms with Gasteiger partial charge >= 0.3 is 5.97 Å². The van der Waals surface area contributed by atoms with Gasteiger partial charge in [0.2, 0.25) is 0 Å². The van der Waals surface area contributed by atoms with Gasteiger partial charge in [0, 0.05) is 11.8 Å². The first-order valence-electron chi connectivity index (χ1n) is 9.51. The van der Waals surface area contributed by atoms with Gasteiger partial charge in [-0.2, -0.15) is 0 Å². The summed E-state index contributed by atoms with van der Waals surface area (Å²) in [6.45, 7) is 4.03. The van der Waals surface area contributed by atoms with E-state index in [0.717, 1.165) is 19.3 Å². The number of hydrogen-bond acceptors (Lipinski definition) is 4. The zero-order chi connectivity index (χ0) is 18.2. The number of carbonyl (C=O) groups is 2. The fourth-order valence-corrected chi connectivity index (χ4v) is 7.04. The summed E-state index contributed by atoms with van der Waals surface area (Å²) in [5.74, 6) is -0.610. The number of allylic oxidation sites excluding steroid dienone is 1. The maximum atomic E-state index is 11.9. The van der Waals surface area contributed by atoms with Crippen LogP contribution in [0.15, 0.2) is 11.6 Å². The Morgan fingerprint density at radius 2 is 1.92 bits per heavy atom. The van der Waals surface area contributed by atoms with E-state index in [9.17, 15) is 24.9 Å². The third-order valence-corrected chi connectivity index (χ3v) is 8.40. The molecule has 0 heterocycles. The third-order valence-electron chi connectivity index (χ3n) is 8.40. The van der Waals surface area contributed by atoms with E-state index in [-0.39, 0.29) is 35.4 Å². The highest BCUT2D eigenvalue weighted by atomic mass is 16.4. The van der Waals surface area contributed by atoms with Gasteiger partial charge in [0.05, 0.1) is 6.10 Å². The standard InChI is InChI=1S/C20H28O5/c1-18-7-5-12(21)9-11(18)3-4-13-14-6-8-20(25,17(23)24)19(14,2)10-15(22)16(13)18/h9,13-16,22,25H,3-8,10H2,1-2H3,(H,23,24)/t13-,14-,15?,16+,18-,19-,20?/m0/s1. The van der Waals surface area contributed by atoms with E-state index < -0.39 is 23.1 Å². The van der Waals surface area contributed by atoms with E-state index in [1.54, 1.807) is 6.08 Å². The van der Waals surface area contributed by atoms with Crippen molar-refractivity contribution in [3.63, 3.8) is 0 Å². The van der Waals surface area contributed by atoms with Gasteiger partial charge in [0.15, 0.2) is 11.4 Å². The molecule has 4 aliphatic rings. The lowest BCUT2D eigenvalue weighted by Crippen LogP contribution is -2.61. The summed E-state index contributed by atoms with van der Waals surface area (Å²) in [5, 5.41) is 31.6. The predicted octanol–water partition coefficient (Wildman–Crippen LogP) is 2.30. The number of aliphatic hydroxyl groups is 2. The smallest absolute Gasteiger partial charge is 0.336 e. The molecular formula is C20H28O5. The van der Waals surface area contributed by atoms with Crippen molar-refractivity contribution in [1.29, 1.82) is 0 Å². The first-order chi connectivity index (χ1) is 11.6. The van der Waals surface area contributed by atoms with Gasteiger partial charge in [-0.1, -0.05) is 19.4 Å². The monoisotopic (exact) mass is 348 g/mol. The van der Waals surface area contributed by atoms with Crippen molar-refractivity contribution in [3.05, 3.63) is 11.6 Å². The maximum absolute atomic E-state index is 11.9. The number of hydrogen-bond donors (Lipinski definition) is 3. The minimum Gasteiger partial charge on any atom is -0.479 e. The molecule has 0 aromatic carbocycles. The van der Waals surface area contributed by atoms with Gasteiger partial charge in [-0.05, 0) is 67.8 Å². The molecular weight excluding hydrogens is 320 g/mol. The molecule has 3 fully saturated rings. The second-order valence-electron chi connectivity index (χ2n) is 9.28.